The van der Waals surface area contributed by atoms with Gasteiger partial charge in [-0.15, -0.1) is 24.0 Å². The van der Waals surface area contributed by atoms with E-state index in [0.29, 0.717) is 12.0 Å². The zero-order valence-electron chi connectivity index (χ0n) is 19.8. The van der Waals surface area contributed by atoms with Crippen molar-refractivity contribution in [1.29, 1.82) is 0 Å². The van der Waals surface area contributed by atoms with Crippen LogP contribution in [-0.2, 0) is 6.54 Å². The lowest BCUT2D eigenvalue weighted by molar-refractivity contribution is 0.0900. The number of likely N-dealkylation sites (N-methyl/N-ethyl adjacent to an activating group) is 1. The summed E-state index contributed by atoms with van der Waals surface area (Å²) >= 11 is 0. The largest absolute Gasteiger partial charge is 0.356 e. The topological polar surface area (TPSA) is 60.7 Å². The maximum absolute atomic E-state index is 4.66. The third-order valence-electron chi connectivity index (χ3n) is 6.18. The van der Waals surface area contributed by atoms with E-state index in [1.54, 1.807) is 0 Å². The number of nitrogens with zero attached hydrogens (tertiary/aromatic N) is 5. The molecule has 0 saturated carbocycles. The molecule has 3 rings (SSSR count). The predicted molar refractivity (Wildman–Crippen MR) is 142 cm³/mol. The van der Waals surface area contributed by atoms with Crippen LogP contribution < -0.4 is 10.6 Å². The van der Waals surface area contributed by atoms with Crippen LogP contribution in [0, 0.1) is 12.8 Å². The van der Waals surface area contributed by atoms with Gasteiger partial charge in [0.2, 0.25) is 0 Å². The molecule has 0 amide bonds. The summed E-state index contributed by atoms with van der Waals surface area (Å²) in [4.78, 5) is 14.1. The number of para-hydroxylation sites is 2. The molecule has 1 aliphatic rings. The van der Waals surface area contributed by atoms with Gasteiger partial charge in [-0.2, -0.15) is 0 Å². The molecule has 2 aromatic rings. The van der Waals surface area contributed by atoms with Gasteiger partial charge in [-0.05, 0) is 38.4 Å². The zero-order chi connectivity index (χ0) is 21.5. The van der Waals surface area contributed by atoms with E-state index in [1.807, 2.05) is 13.1 Å². The normalized spacial score (nSPS) is 17.0. The summed E-state index contributed by atoms with van der Waals surface area (Å²) in [7, 11) is 4.06. The van der Waals surface area contributed by atoms with Gasteiger partial charge in [0.05, 0.1) is 11.0 Å². The molecule has 8 heteroatoms. The van der Waals surface area contributed by atoms with Crippen molar-refractivity contribution in [3.05, 3.63) is 30.1 Å². The van der Waals surface area contributed by atoms with Crippen molar-refractivity contribution in [2.45, 2.75) is 39.8 Å². The molecule has 2 N–H and O–H groups in total. The molecule has 174 valence electrons. The number of rotatable bonds is 8. The van der Waals surface area contributed by atoms with Gasteiger partial charge in [0, 0.05) is 58.9 Å². The summed E-state index contributed by atoms with van der Waals surface area (Å²) in [5.74, 6) is 2.57. The first kappa shape index (κ1) is 25.9. The average Bonchev–Trinajstić information content (AvgIpc) is 3.05. The second kappa shape index (κ2) is 12.6. The van der Waals surface area contributed by atoms with Gasteiger partial charge in [0.25, 0.3) is 0 Å². The summed E-state index contributed by atoms with van der Waals surface area (Å²) in [6.45, 7) is 14.1. The van der Waals surface area contributed by atoms with E-state index in [2.05, 4.69) is 81.0 Å². The number of imidazole rings is 1. The molecule has 1 atom stereocenters. The molecule has 1 aliphatic heterocycles. The molecular weight excluding hydrogens is 501 g/mol. The number of halogens is 1. The Morgan fingerprint density at radius 3 is 2.52 bits per heavy atom. The minimum Gasteiger partial charge on any atom is -0.356 e. The summed E-state index contributed by atoms with van der Waals surface area (Å²) < 4.78 is 2.30. The van der Waals surface area contributed by atoms with Crippen LogP contribution in [0.4, 0.5) is 0 Å². The van der Waals surface area contributed by atoms with Crippen molar-refractivity contribution in [3.8, 4) is 0 Å². The second-order valence-corrected chi connectivity index (χ2v) is 8.68. The Hall–Kier alpha value is -1.39. The number of hydrogen-bond acceptors (Lipinski definition) is 4. The maximum atomic E-state index is 4.66. The molecular formula is C23H40IN7. The minimum absolute atomic E-state index is 0. The van der Waals surface area contributed by atoms with Gasteiger partial charge in [-0.3, -0.25) is 9.89 Å². The number of fused-ring (bicyclic) bond motifs is 1. The number of benzene rings is 1. The van der Waals surface area contributed by atoms with Crippen LogP contribution in [0.3, 0.4) is 0 Å². The van der Waals surface area contributed by atoms with Crippen LogP contribution >= 0.6 is 24.0 Å². The molecule has 0 bridgehead atoms. The van der Waals surface area contributed by atoms with Gasteiger partial charge in [-0.1, -0.05) is 26.0 Å². The van der Waals surface area contributed by atoms with Gasteiger partial charge in [-0.25, -0.2) is 4.98 Å². The highest BCUT2D eigenvalue weighted by molar-refractivity contribution is 14.0. The first-order valence-corrected chi connectivity index (χ1v) is 11.3. The molecule has 1 saturated heterocycles. The lowest BCUT2D eigenvalue weighted by Gasteiger charge is -2.40. The van der Waals surface area contributed by atoms with Crippen molar-refractivity contribution in [2.24, 2.45) is 10.9 Å². The minimum atomic E-state index is 0. The first-order valence-electron chi connectivity index (χ1n) is 11.3. The Bertz CT molecular complexity index is 824. The molecule has 31 heavy (non-hydrogen) atoms. The lowest BCUT2D eigenvalue weighted by atomic mass is 10.0. The number of guanidine groups is 1. The van der Waals surface area contributed by atoms with Crippen molar-refractivity contribution in [1.82, 2.24) is 30.0 Å². The fourth-order valence-electron chi connectivity index (χ4n) is 4.28. The van der Waals surface area contributed by atoms with E-state index >= 15 is 0 Å². The Labute approximate surface area is 204 Å². The Morgan fingerprint density at radius 1 is 1.13 bits per heavy atom. The van der Waals surface area contributed by atoms with Crippen LogP contribution in [0.25, 0.3) is 11.0 Å². The van der Waals surface area contributed by atoms with Crippen LogP contribution in [-0.4, -0.2) is 84.7 Å². The smallest absolute Gasteiger partial charge is 0.191 e. The number of hydrogen-bond donors (Lipinski definition) is 2. The Morgan fingerprint density at radius 2 is 1.84 bits per heavy atom. The monoisotopic (exact) mass is 541 g/mol. The first-order chi connectivity index (χ1) is 14.5. The van der Waals surface area contributed by atoms with Gasteiger partial charge in [0.15, 0.2) is 5.96 Å². The van der Waals surface area contributed by atoms with E-state index in [9.17, 15) is 0 Å². The molecule has 7 nitrogen and oxygen atoms in total. The highest BCUT2D eigenvalue weighted by atomic mass is 127. The summed E-state index contributed by atoms with van der Waals surface area (Å²) in [6.07, 6.45) is 1.02. The quantitative estimate of drug-likeness (QED) is 0.233. The summed E-state index contributed by atoms with van der Waals surface area (Å²) in [6, 6.07) is 8.87. The molecule has 1 aromatic carbocycles. The second-order valence-electron chi connectivity index (χ2n) is 8.68. The SMILES string of the molecule is CN=C(NCCCn1c(C)nc2ccccc21)NCC(C(C)C)N1CCN(C)CC1.I. The molecule has 2 heterocycles. The fraction of sp³-hybridized carbons (Fsp3) is 0.652. The van der Waals surface area contributed by atoms with Crippen molar-refractivity contribution in [3.63, 3.8) is 0 Å². The van der Waals surface area contributed by atoms with E-state index < -0.39 is 0 Å². The third kappa shape index (κ3) is 7.05. The highest BCUT2D eigenvalue weighted by Gasteiger charge is 2.25. The fourth-order valence-corrected chi connectivity index (χ4v) is 4.28. The van der Waals surface area contributed by atoms with E-state index in [0.717, 1.165) is 69.5 Å². The number of aromatic nitrogens is 2. The molecule has 0 radical (unpaired) electrons. The number of aliphatic imine (C=N–C) groups is 1. The zero-order valence-corrected chi connectivity index (χ0v) is 22.1. The van der Waals surface area contributed by atoms with Crippen LogP contribution in [0.5, 0.6) is 0 Å². The predicted octanol–water partition coefficient (Wildman–Crippen LogP) is 2.79. The Balaban J connectivity index is 0.00000341. The molecule has 1 aromatic heterocycles. The lowest BCUT2D eigenvalue weighted by Crippen LogP contribution is -2.55. The Kier molecular flexibility index (Phi) is 10.5. The van der Waals surface area contributed by atoms with Crippen molar-refractivity contribution >= 4 is 41.0 Å². The molecule has 0 spiro atoms. The molecule has 1 unspecified atom stereocenters. The molecule has 1 fully saturated rings. The van der Waals surface area contributed by atoms with Crippen LogP contribution in [0.2, 0.25) is 0 Å². The summed E-state index contributed by atoms with van der Waals surface area (Å²) in [5, 5.41) is 7.04. The highest BCUT2D eigenvalue weighted by Crippen LogP contribution is 2.16. The van der Waals surface area contributed by atoms with Crippen molar-refractivity contribution in [2.75, 3.05) is 53.4 Å². The van der Waals surface area contributed by atoms with Gasteiger partial charge in [0.1, 0.15) is 5.82 Å². The van der Waals surface area contributed by atoms with Gasteiger partial charge >= 0.3 is 0 Å². The average molecular weight is 542 g/mol. The third-order valence-corrected chi connectivity index (χ3v) is 6.18. The van der Waals surface area contributed by atoms with Crippen LogP contribution in [0.1, 0.15) is 26.1 Å². The standard InChI is InChI=1S/C23H39N7.HI/c1-18(2)22(29-15-13-28(5)14-16-29)17-26-23(24-4)25-11-8-12-30-19(3)27-20-9-6-7-10-21(20)30;/h6-7,9-10,18,22H,8,11-17H2,1-5H3,(H2,24,25,26);1H. The van der Waals surface area contributed by atoms with Gasteiger partial charge < -0.3 is 20.1 Å². The van der Waals surface area contributed by atoms with E-state index in [1.165, 1.54) is 5.52 Å². The van der Waals surface area contributed by atoms with Crippen molar-refractivity contribution < 1.29 is 0 Å². The molecule has 0 aliphatic carbocycles. The number of piperazine rings is 1. The van der Waals surface area contributed by atoms with Crippen LogP contribution in [0.15, 0.2) is 29.3 Å². The number of nitrogens with one attached hydrogen (secondary N) is 2. The maximum Gasteiger partial charge on any atom is 0.191 e. The summed E-state index contributed by atoms with van der Waals surface area (Å²) in [5.41, 5.74) is 2.29. The van der Waals surface area contributed by atoms with E-state index in [4.69, 9.17) is 0 Å². The van der Waals surface area contributed by atoms with E-state index in [-0.39, 0.29) is 24.0 Å². The number of aryl methyl sites for hydroxylation is 2.